The number of carbonyl (C=O) groups excluding carboxylic acids is 3. The van der Waals surface area contributed by atoms with Gasteiger partial charge in [0.05, 0.1) is 17.3 Å². The molecule has 2 N–H and O–H groups in total. The van der Waals surface area contributed by atoms with Crippen molar-refractivity contribution in [3.63, 3.8) is 0 Å². The zero-order valence-electron chi connectivity index (χ0n) is 16.3. The van der Waals surface area contributed by atoms with Gasteiger partial charge in [0.15, 0.2) is 5.65 Å². The molecule has 3 heterocycles. The normalized spacial score (nSPS) is 18.7. The number of thioether (sulfide) groups is 1. The molecule has 154 valence electrons. The van der Waals surface area contributed by atoms with Crippen LogP contribution in [0.15, 0.2) is 47.9 Å². The fourth-order valence-corrected chi connectivity index (χ4v) is 4.14. The number of nitrogens with zero attached hydrogens (tertiary/aromatic N) is 5. The molecule has 0 spiro atoms. The van der Waals surface area contributed by atoms with Crippen molar-refractivity contribution in [1.29, 1.82) is 0 Å². The van der Waals surface area contributed by atoms with Gasteiger partial charge in [0.2, 0.25) is 5.91 Å². The summed E-state index contributed by atoms with van der Waals surface area (Å²) in [5.41, 5.74) is 2.52. The molecule has 2 aromatic heterocycles. The highest BCUT2D eigenvalue weighted by Crippen LogP contribution is 2.31. The third kappa shape index (κ3) is 3.26. The number of hydrogen-bond donors (Lipinski definition) is 2. The second-order valence-corrected chi connectivity index (χ2v) is 7.67. The predicted octanol–water partition coefficient (Wildman–Crippen LogP) is 1.34. The molecule has 1 aliphatic heterocycles. The Bertz CT molecular complexity index is 1130. The first-order valence-electron chi connectivity index (χ1n) is 9.23. The van der Waals surface area contributed by atoms with Crippen molar-refractivity contribution < 1.29 is 14.4 Å². The quantitative estimate of drug-likeness (QED) is 0.347. The number of urea groups is 1. The summed E-state index contributed by atoms with van der Waals surface area (Å²) in [6, 6.07) is 8.31. The third-order valence-electron chi connectivity index (χ3n) is 4.96. The number of hydrogen-bond acceptors (Lipinski definition) is 7. The van der Waals surface area contributed by atoms with E-state index in [-0.39, 0.29) is 5.75 Å². The Morgan fingerprint density at radius 2 is 2.00 bits per heavy atom. The third-order valence-corrected chi connectivity index (χ3v) is 5.96. The van der Waals surface area contributed by atoms with Gasteiger partial charge in [-0.2, -0.15) is 10.1 Å². The fraction of sp³-hybridized carbons (Fsp3) is 0.263. The SMILES string of the molecule is CCC1(c2ccccc2)NC(=O)N(NC(=O)CSc2ncnc3c2cnn3C)C1=O. The number of imide groups is 1. The van der Waals surface area contributed by atoms with E-state index in [1.807, 2.05) is 6.07 Å². The maximum atomic E-state index is 13.0. The lowest BCUT2D eigenvalue weighted by Crippen LogP contribution is -2.49. The van der Waals surface area contributed by atoms with Crippen molar-refractivity contribution in [2.45, 2.75) is 23.9 Å². The lowest BCUT2D eigenvalue weighted by Gasteiger charge is -2.25. The lowest BCUT2D eigenvalue weighted by atomic mass is 9.87. The number of aromatic nitrogens is 4. The molecule has 30 heavy (non-hydrogen) atoms. The van der Waals surface area contributed by atoms with Crippen LogP contribution in [0.1, 0.15) is 18.9 Å². The Hall–Kier alpha value is -3.47. The largest absolute Gasteiger partial charge is 0.344 e. The molecule has 4 amide bonds. The minimum absolute atomic E-state index is 0.0392. The molecular weight excluding hydrogens is 406 g/mol. The van der Waals surface area contributed by atoms with Gasteiger partial charge in [0, 0.05) is 7.05 Å². The summed E-state index contributed by atoms with van der Waals surface area (Å²) in [5.74, 6) is -1.06. The number of rotatable bonds is 6. The zero-order chi connectivity index (χ0) is 21.3. The fourth-order valence-electron chi connectivity index (χ4n) is 3.39. The van der Waals surface area contributed by atoms with Crippen LogP contribution in [0, 0.1) is 0 Å². The van der Waals surface area contributed by atoms with Gasteiger partial charge in [0.1, 0.15) is 16.9 Å². The molecule has 0 saturated carbocycles. The first-order chi connectivity index (χ1) is 14.5. The second kappa shape index (κ2) is 7.75. The summed E-state index contributed by atoms with van der Waals surface area (Å²) >= 11 is 1.17. The number of nitrogens with one attached hydrogen (secondary N) is 2. The molecule has 4 rings (SSSR count). The van der Waals surface area contributed by atoms with E-state index in [4.69, 9.17) is 0 Å². The van der Waals surface area contributed by atoms with Gasteiger partial charge in [-0.1, -0.05) is 49.0 Å². The van der Waals surface area contributed by atoms with Crippen molar-refractivity contribution in [3.8, 4) is 0 Å². The van der Waals surface area contributed by atoms with E-state index in [0.717, 1.165) is 10.4 Å². The molecule has 1 saturated heterocycles. The van der Waals surface area contributed by atoms with Gasteiger partial charge in [-0.3, -0.25) is 19.7 Å². The van der Waals surface area contributed by atoms with E-state index in [1.54, 1.807) is 49.1 Å². The number of amides is 4. The molecule has 10 nitrogen and oxygen atoms in total. The molecule has 1 aliphatic rings. The van der Waals surface area contributed by atoms with E-state index >= 15 is 0 Å². The maximum Gasteiger partial charge on any atom is 0.344 e. The summed E-state index contributed by atoms with van der Waals surface area (Å²) in [5, 5.41) is 8.92. The number of fused-ring (bicyclic) bond motifs is 1. The molecule has 1 unspecified atom stereocenters. The summed E-state index contributed by atoms with van der Waals surface area (Å²) in [7, 11) is 1.76. The van der Waals surface area contributed by atoms with Crippen molar-refractivity contribution in [2.24, 2.45) is 7.05 Å². The Balaban J connectivity index is 1.47. The molecule has 0 radical (unpaired) electrons. The van der Waals surface area contributed by atoms with Crippen LogP contribution in [0.5, 0.6) is 0 Å². The highest BCUT2D eigenvalue weighted by molar-refractivity contribution is 8.00. The van der Waals surface area contributed by atoms with Gasteiger partial charge in [-0.25, -0.2) is 14.8 Å². The Kier molecular flexibility index (Phi) is 5.12. The van der Waals surface area contributed by atoms with Crippen LogP contribution in [0.3, 0.4) is 0 Å². The van der Waals surface area contributed by atoms with Crippen molar-refractivity contribution >= 4 is 40.6 Å². The topological polar surface area (TPSA) is 122 Å². The highest BCUT2D eigenvalue weighted by atomic mass is 32.2. The summed E-state index contributed by atoms with van der Waals surface area (Å²) in [4.78, 5) is 46.3. The van der Waals surface area contributed by atoms with E-state index in [2.05, 4.69) is 25.8 Å². The van der Waals surface area contributed by atoms with Gasteiger partial charge in [-0.15, -0.1) is 0 Å². The Labute approximate surface area is 176 Å². The maximum absolute atomic E-state index is 13.0. The van der Waals surface area contributed by atoms with Crippen LogP contribution in [0.25, 0.3) is 11.0 Å². The van der Waals surface area contributed by atoms with Crippen LogP contribution in [0.4, 0.5) is 4.79 Å². The number of aryl methyl sites for hydroxylation is 1. The average Bonchev–Trinajstić information content (AvgIpc) is 3.26. The van der Waals surface area contributed by atoms with E-state index in [0.29, 0.717) is 22.7 Å². The van der Waals surface area contributed by atoms with Crippen LogP contribution in [0.2, 0.25) is 0 Å². The Morgan fingerprint density at radius 1 is 1.23 bits per heavy atom. The molecule has 3 aromatic rings. The molecule has 11 heteroatoms. The minimum atomic E-state index is -1.20. The minimum Gasteiger partial charge on any atom is -0.318 e. The molecule has 1 atom stereocenters. The Morgan fingerprint density at radius 3 is 2.73 bits per heavy atom. The van der Waals surface area contributed by atoms with E-state index in [1.165, 1.54) is 18.1 Å². The predicted molar refractivity (Wildman–Crippen MR) is 109 cm³/mol. The van der Waals surface area contributed by atoms with E-state index < -0.39 is 23.4 Å². The van der Waals surface area contributed by atoms with Gasteiger partial charge >= 0.3 is 6.03 Å². The van der Waals surface area contributed by atoms with Gasteiger partial charge in [-0.05, 0) is 12.0 Å². The number of hydrazine groups is 1. The standard InChI is InChI=1S/C19H19N7O3S/c1-3-19(12-7-5-4-6-8-12)17(28)26(18(29)23-19)24-14(27)10-30-16-13-9-22-25(2)15(13)20-11-21-16/h4-9,11H,3,10H2,1-2H3,(H,23,29)(H,24,27). The summed E-state index contributed by atoms with van der Waals surface area (Å²) in [6.07, 6.45) is 3.38. The monoisotopic (exact) mass is 425 g/mol. The molecule has 1 fully saturated rings. The lowest BCUT2D eigenvalue weighted by molar-refractivity contribution is -0.138. The number of carbonyl (C=O) groups is 3. The molecule has 0 bridgehead atoms. The van der Waals surface area contributed by atoms with Crippen LogP contribution in [-0.4, -0.2) is 48.4 Å². The summed E-state index contributed by atoms with van der Waals surface area (Å²) < 4.78 is 1.61. The highest BCUT2D eigenvalue weighted by Gasteiger charge is 2.52. The average molecular weight is 425 g/mol. The van der Waals surface area contributed by atoms with Crippen LogP contribution >= 0.6 is 11.8 Å². The zero-order valence-corrected chi connectivity index (χ0v) is 17.1. The number of benzene rings is 1. The first kappa shape index (κ1) is 19.8. The van der Waals surface area contributed by atoms with Crippen LogP contribution in [-0.2, 0) is 22.2 Å². The first-order valence-corrected chi connectivity index (χ1v) is 10.2. The van der Waals surface area contributed by atoms with E-state index in [9.17, 15) is 14.4 Å². The summed E-state index contributed by atoms with van der Waals surface area (Å²) in [6.45, 7) is 1.81. The van der Waals surface area contributed by atoms with Crippen molar-refractivity contribution in [2.75, 3.05) is 5.75 Å². The van der Waals surface area contributed by atoms with Gasteiger partial charge in [0.25, 0.3) is 5.91 Å². The smallest absolute Gasteiger partial charge is 0.318 e. The van der Waals surface area contributed by atoms with Crippen molar-refractivity contribution in [1.82, 2.24) is 35.5 Å². The second-order valence-electron chi connectivity index (χ2n) is 6.70. The molecule has 1 aromatic carbocycles. The molecular formula is C19H19N7O3S. The molecule has 0 aliphatic carbocycles. The van der Waals surface area contributed by atoms with Gasteiger partial charge < -0.3 is 5.32 Å². The van der Waals surface area contributed by atoms with Crippen LogP contribution < -0.4 is 10.7 Å². The van der Waals surface area contributed by atoms with Crippen molar-refractivity contribution in [3.05, 3.63) is 48.4 Å².